The van der Waals surface area contributed by atoms with Crippen molar-refractivity contribution in [2.45, 2.75) is 85.6 Å². The molecular formula is C38H45NO13. The Kier molecular flexibility index (Phi) is 11.8. The number of aliphatic hydroxyl groups is 3. The zero-order chi connectivity index (χ0) is 39.0. The molecule has 0 unspecified atom stereocenters. The number of hydrogen-bond acceptors (Lipinski definition) is 13. The molecule has 0 aromatic heterocycles. The standard InChI is InChI=1S/C38H45NO13/c1-16-11-10-12-17(2)37(48)39-28-23(15-40)32(45)25-26(33(28)46)31(44)21(6)35-27(25)36(47)38(8,52-35)50-14-13-24(49-9)18(3)34(51-22(7)41)20(5)30(43)19(4)29(16)42/h10-16,18-20,24,29-30,34,40,42-44H,1-9H3/b11-10+,14-13+,17-12-,23-15?,39-28?/t16-,18+,19+,20+,24-,29-,30+,34+,38-/m0/s1. The highest BCUT2D eigenvalue weighted by Crippen LogP contribution is 2.48. The van der Waals surface area contributed by atoms with Crippen LogP contribution in [-0.2, 0) is 23.8 Å². The number of aliphatic imine (C=N–C) groups is 1. The summed E-state index contributed by atoms with van der Waals surface area (Å²) in [5, 5.41) is 43.8. The zero-order valence-corrected chi connectivity index (χ0v) is 30.5. The van der Waals surface area contributed by atoms with Crippen LogP contribution in [0.25, 0.3) is 0 Å². The number of methoxy groups -OCH3 is 1. The topological polar surface area (TPSA) is 216 Å². The molecule has 5 rings (SSSR count). The zero-order valence-electron chi connectivity index (χ0n) is 30.5. The van der Waals surface area contributed by atoms with Crippen molar-refractivity contribution in [1.82, 2.24) is 0 Å². The maximum atomic E-state index is 14.0. The Morgan fingerprint density at radius 3 is 2.19 bits per heavy atom. The van der Waals surface area contributed by atoms with Crippen molar-refractivity contribution in [2.75, 3.05) is 7.11 Å². The van der Waals surface area contributed by atoms with Crippen LogP contribution >= 0.6 is 0 Å². The summed E-state index contributed by atoms with van der Waals surface area (Å²) in [5.41, 5.74) is -3.01. The number of ether oxygens (including phenoxy) is 4. The SMILES string of the molecule is CO[C@H]1/C=C/O[C@@]2(C)Oc3c(C)c(O)c4c(c3C2=O)C(=O)C(=CO)C(=NC(=O)/C(C)=C\C=C\[C@H](C)[C@H](O)[C@@H](C)[C@@H](O)[C@@H](C)[C@H](OC(C)=O)[C@@H]1C)C4=O. The van der Waals surface area contributed by atoms with E-state index < -0.39 is 111 Å². The predicted octanol–water partition coefficient (Wildman–Crippen LogP) is 4.04. The van der Waals surface area contributed by atoms with Gasteiger partial charge in [0.1, 0.15) is 23.3 Å². The second-order valence-electron chi connectivity index (χ2n) is 13.6. The Morgan fingerprint density at radius 1 is 0.942 bits per heavy atom. The van der Waals surface area contributed by atoms with Crippen LogP contribution in [0.5, 0.6) is 11.5 Å². The highest BCUT2D eigenvalue weighted by atomic mass is 16.7. The molecule has 1 aromatic carbocycles. The van der Waals surface area contributed by atoms with Gasteiger partial charge in [-0.05, 0) is 19.9 Å². The van der Waals surface area contributed by atoms with Gasteiger partial charge in [0.2, 0.25) is 5.78 Å². The fraction of sp³-hybridized carbons (Fsp3) is 0.474. The average Bonchev–Trinajstić information content (AvgIpc) is 3.36. The number of nitrogens with zero attached hydrogens (tertiary/aromatic N) is 1. The Morgan fingerprint density at radius 2 is 1.60 bits per heavy atom. The number of esters is 1. The van der Waals surface area contributed by atoms with Gasteiger partial charge in [0.15, 0.2) is 5.78 Å². The van der Waals surface area contributed by atoms with Crippen LogP contribution in [0.3, 0.4) is 0 Å². The van der Waals surface area contributed by atoms with E-state index in [0.717, 1.165) is 6.26 Å². The predicted molar refractivity (Wildman–Crippen MR) is 186 cm³/mol. The number of carbonyl (C=O) groups excluding carboxylic acids is 5. The van der Waals surface area contributed by atoms with Gasteiger partial charge in [0.25, 0.3) is 11.7 Å². The van der Waals surface area contributed by atoms with Crippen LogP contribution < -0.4 is 4.74 Å². The first-order chi connectivity index (χ1) is 24.3. The lowest BCUT2D eigenvalue weighted by Gasteiger charge is -2.38. The first-order valence-electron chi connectivity index (χ1n) is 16.8. The number of benzene rings is 1. The number of allylic oxidation sites excluding steroid dienone is 3. The summed E-state index contributed by atoms with van der Waals surface area (Å²) >= 11 is 0. The third kappa shape index (κ3) is 7.10. The highest BCUT2D eigenvalue weighted by Gasteiger charge is 2.53. The minimum atomic E-state index is -2.12. The Bertz CT molecular complexity index is 1840. The second-order valence-corrected chi connectivity index (χ2v) is 13.6. The molecule has 0 radical (unpaired) electrons. The molecule has 0 saturated heterocycles. The molecule has 14 heteroatoms. The van der Waals surface area contributed by atoms with E-state index in [2.05, 4.69) is 4.99 Å². The Hall–Kier alpha value is -4.92. The number of rotatable bonds is 2. The van der Waals surface area contributed by atoms with Gasteiger partial charge in [0, 0.05) is 55.8 Å². The maximum absolute atomic E-state index is 14.0. The van der Waals surface area contributed by atoms with Crippen LogP contribution in [0.2, 0.25) is 0 Å². The first-order valence-corrected chi connectivity index (χ1v) is 16.8. The summed E-state index contributed by atoms with van der Waals surface area (Å²) in [7, 11) is 1.40. The fourth-order valence-electron chi connectivity index (χ4n) is 6.78. The monoisotopic (exact) mass is 723 g/mol. The summed E-state index contributed by atoms with van der Waals surface area (Å²) in [6.45, 7) is 12.0. The van der Waals surface area contributed by atoms with Crippen LogP contribution in [0.4, 0.5) is 0 Å². The molecule has 0 saturated carbocycles. The number of carbonyl (C=O) groups is 5. The Labute approximate surface area is 301 Å². The number of ketones is 3. The van der Waals surface area contributed by atoms with Crippen LogP contribution in [0.15, 0.2) is 53.0 Å². The van der Waals surface area contributed by atoms with E-state index in [9.17, 15) is 44.4 Å². The fourth-order valence-corrected chi connectivity index (χ4v) is 6.78. The van der Waals surface area contributed by atoms with Gasteiger partial charge < -0.3 is 39.4 Å². The molecule has 5 bridgehead atoms. The maximum Gasteiger partial charge on any atom is 0.312 e. The molecule has 9 atom stereocenters. The third-order valence-electron chi connectivity index (χ3n) is 10.1. The third-order valence-corrected chi connectivity index (χ3v) is 10.1. The van der Waals surface area contributed by atoms with Crippen molar-refractivity contribution in [2.24, 2.45) is 28.7 Å². The largest absolute Gasteiger partial charge is 0.515 e. The lowest BCUT2D eigenvalue weighted by molar-refractivity contribution is -0.160. The van der Waals surface area contributed by atoms with E-state index >= 15 is 0 Å². The molecule has 3 aliphatic heterocycles. The van der Waals surface area contributed by atoms with Crippen molar-refractivity contribution >= 4 is 34.9 Å². The number of fused-ring (bicyclic) bond motifs is 14. The van der Waals surface area contributed by atoms with Gasteiger partial charge >= 0.3 is 11.8 Å². The number of amides is 1. The van der Waals surface area contributed by atoms with Crippen LogP contribution in [0, 0.1) is 30.6 Å². The Balaban J connectivity index is 1.91. The normalized spacial score (nSPS) is 34.6. The second kappa shape index (κ2) is 15.4. The van der Waals surface area contributed by atoms with Crippen LogP contribution in [-0.4, -0.2) is 92.7 Å². The number of aromatic hydroxyl groups is 1. The summed E-state index contributed by atoms with van der Waals surface area (Å²) in [4.78, 5) is 70.9. The summed E-state index contributed by atoms with van der Waals surface area (Å²) in [6.07, 6.45) is 3.32. The lowest BCUT2D eigenvalue weighted by atomic mass is 9.78. The lowest BCUT2D eigenvalue weighted by Crippen LogP contribution is -2.46. The molecule has 1 aliphatic carbocycles. The number of phenolic OH excluding ortho intramolecular Hbond substituents is 1. The molecule has 52 heavy (non-hydrogen) atoms. The van der Waals surface area contributed by atoms with E-state index in [1.807, 2.05) is 0 Å². The first kappa shape index (κ1) is 39.9. The van der Waals surface area contributed by atoms with Crippen molar-refractivity contribution in [3.05, 3.63) is 70.2 Å². The van der Waals surface area contributed by atoms with Gasteiger partial charge in [-0.1, -0.05) is 45.9 Å². The number of Topliss-reactive ketones (excluding diaryl/α,β-unsaturated/α-hetero) is 3. The van der Waals surface area contributed by atoms with Gasteiger partial charge in [0.05, 0.1) is 53.1 Å². The van der Waals surface area contributed by atoms with Gasteiger partial charge in [-0.25, -0.2) is 4.99 Å². The average molecular weight is 724 g/mol. The molecule has 3 heterocycles. The van der Waals surface area contributed by atoms with Gasteiger partial charge in [-0.15, -0.1) is 0 Å². The summed E-state index contributed by atoms with van der Waals surface area (Å²) in [5.74, 6) is -10.2. The molecule has 0 fully saturated rings. The number of hydrogen-bond donors (Lipinski definition) is 4. The van der Waals surface area contributed by atoms with Crippen molar-refractivity contribution in [3.8, 4) is 11.5 Å². The molecule has 4 aliphatic rings. The minimum Gasteiger partial charge on any atom is -0.515 e. The minimum absolute atomic E-state index is 0.00903. The van der Waals surface area contributed by atoms with E-state index in [1.165, 1.54) is 53.0 Å². The van der Waals surface area contributed by atoms with Gasteiger partial charge in [-0.2, -0.15) is 0 Å². The number of phenols is 1. The van der Waals surface area contributed by atoms with Crippen molar-refractivity contribution < 1.29 is 63.3 Å². The molecule has 1 amide bonds. The number of aliphatic hydroxyl groups excluding tert-OH is 3. The highest BCUT2D eigenvalue weighted by molar-refractivity contribution is 6.63. The van der Waals surface area contributed by atoms with E-state index in [0.29, 0.717) is 6.26 Å². The summed E-state index contributed by atoms with van der Waals surface area (Å²) < 4.78 is 23.1. The smallest absolute Gasteiger partial charge is 0.312 e. The molecule has 14 nitrogen and oxygen atoms in total. The van der Waals surface area contributed by atoms with Crippen molar-refractivity contribution in [3.63, 3.8) is 0 Å². The van der Waals surface area contributed by atoms with Gasteiger partial charge in [-0.3, -0.25) is 24.0 Å². The van der Waals surface area contributed by atoms with E-state index in [1.54, 1.807) is 33.8 Å². The quantitative estimate of drug-likeness (QED) is 0.193. The molecule has 4 N–H and O–H groups in total. The molecule has 280 valence electrons. The molecular weight excluding hydrogens is 678 g/mol. The van der Waals surface area contributed by atoms with Crippen LogP contribution in [0.1, 0.15) is 85.1 Å². The van der Waals surface area contributed by atoms with E-state index in [4.69, 9.17) is 18.9 Å². The molecule has 0 spiro atoms. The molecule has 1 aromatic rings. The summed E-state index contributed by atoms with van der Waals surface area (Å²) in [6, 6.07) is 0. The van der Waals surface area contributed by atoms with Crippen molar-refractivity contribution in [1.29, 1.82) is 0 Å². The van der Waals surface area contributed by atoms with E-state index in [-0.39, 0.29) is 22.4 Å².